The van der Waals surface area contributed by atoms with E-state index in [0.29, 0.717) is 12.5 Å². The van der Waals surface area contributed by atoms with Crippen LogP contribution in [0.4, 0.5) is 4.79 Å². The normalized spacial score (nSPS) is 28.7. The summed E-state index contributed by atoms with van der Waals surface area (Å²) in [5.41, 5.74) is 0. The number of carbonyl (C=O) groups is 1. The van der Waals surface area contributed by atoms with Crippen LogP contribution in [0.2, 0.25) is 0 Å². The Balaban J connectivity index is 1.80. The molecule has 1 atom stereocenters. The minimum atomic E-state index is -0.130. The summed E-state index contributed by atoms with van der Waals surface area (Å²) in [7, 11) is 0. The second kappa shape index (κ2) is 4.64. The lowest BCUT2D eigenvalue weighted by atomic mass is 10.0. The van der Waals surface area contributed by atoms with E-state index in [0.717, 1.165) is 26.2 Å². The van der Waals surface area contributed by atoms with Crippen molar-refractivity contribution in [3.8, 4) is 0 Å². The largest absolute Gasteiger partial charge is 0.448 e. The summed E-state index contributed by atoms with van der Waals surface area (Å²) < 4.78 is 4.90. The predicted molar refractivity (Wildman–Crippen MR) is 53.1 cm³/mol. The van der Waals surface area contributed by atoms with Crippen molar-refractivity contribution in [2.75, 3.05) is 32.8 Å². The third kappa shape index (κ3) is 2.38. The van der Waals surface area contributed by atoms with Gasteiger partial charge < -0.3 is 15.0 Å². The van der Waals surface area contributed by atoms with Crippen molar-refractivity contribution >= 4 is 6.09 Å². The Labute approximate surface area is 84.6 Å². The monoisotopic (exact) mass is 198 g/mol. The van der Waals surface area contributed by atoms with Gasteiger partial charge in [-0.3, -0.25) is 0 Å². The van der Waals surface area contributed by atoms with E-state index >= 15 is 0 Å². The molecular weight excluding hydrogens is 180 g/mol. The van der Waals surface area contributed by atoms with Crippen LogP contribution in [0.15, 0.2) is 0 Å². The van der Waals surface area contributed by atoms with Crippen LogP contribution in [0.3, 0.4) is 0 Å². The molecule has 2 rings (SSSR count). The lowest BCUT2D eigenvalue weighted by molar-refractivity contribution is 0.153. The minimum absolute atomic E-state index is 0.130. The van der Waals surface area contributed by atoms with E-state index < -0.39 is 0 Å². The van der Waals surface area contributed by atoms with Crippen LogP contribution >= 0.6 is 0 Å². The molecule has 2 saturated heterocycles. The summed E-state index contributed by atoms with van der Waals surface area (Å²) >= 11 is 0. The molecule has 0 aromatic carbocycles. The van der Waals surface area contributed by atoms with Crippen LogP contribution in [0.1, 0.15) is 19.3 Å². The summed E-state index contributed by atoms with van der Waals surface area (Å²) in [5, 5.41) is 3.41. The molecule has 2 heterocycles. The van der Waals surface area contributed by atoms with Gasteiger partial charge in [0.15, 0.2) is 0 Å². The first-order chi connectivity index (χ1) is 6.86. The topological polar surface area (TPSA) is 41.6 Å². The average Bonchev–Trinajstić information content (AvgIpc) is 2.44. The third-order valence-electron chi connectivity index (χ3n) is 2.97. The van der Waals surface area contributed by atoms with Gasteiger partial charge in [-0.15, -0.1) is 0 Å². The molecule has 1 amide bonds. The van der Waals surface area contributed by atoms with Crippen molar-refractivity contribution in [1.29, 1.82) is 0 Å². The van der Waals surface area contributed by atoms with Gasteiger partial charge in [0, 0.05) is 6.54 Å². The van der Waals surface area contributed by atoms with E-state index in [4.69, 9.17) is 4.74 Å². The summed E-state index contributed by atoms with van der Waals surface area (Å²) in [6, 6.07) is 0. The molecule has 2 aliphatic rings. The molecule has 1 N–H and O–H groups in total. The molecule has 0 saturated carbocycles. The molecule has 0 radical (unpaired) electrons. The van der Waals surface area contributed by atoms with Gasteiger partial charge in [-0.1, -0.05) is 6.42 Å². The van der Waals surface area contributed by atoms with Gasteiger partial charge in [0.1, 0.15) is 6.61 Å². The fraction of sp³-hybridized carbons (Fsp3) is 0.900. The molecule has 0 spiro atoms. The lowest BCUT2D eigenvalue weighted by Crippen LogP contribution is -2.34. The maximum Gasteiger partial charge on any atom is 0.409 e. The third-order valence-corrected chi connectivity index (χ3v) is 2.97. The highest BCUT2D eigenvalue weighted by Gasteiger charge is 2.25. The van der Waals surface area contributed by atoms with Crippen molar-refractivity contribution < 1.29 is 9.53 Å². The first kappa shape index (κ1) is 9.77. The molecule has 0 aromatic heterocycles. The molecule has 0 aromatic rings. The van der Waals surface area contributed by atoms with Gasteiger partial charge in [0.05, 0.1) is 6.54 Å². The standard InChI is InChI=1S/C10H18N2O2/c13-10-12(5-6-14-10)8-9-3-1-2-4-11-7-9/h9,11H,1-8H2. The van der Waals surface area contributed by atoms with Gasteiger partial charge in [-0.05, 0) is 31.8 Å². The van der Waals surface area contributed by atoms with Crippen molar-refractivity contribution in [2.45, 2.75) is 19.3 Å². The van der Waals surface area contributed by atoms with Crippen LogP contribution in [-0.4, -0.2) is 43.8 Å². The minimum Gasteiger partial charge on any atom is -0.448 e. The Morgan fingerprint density at radius 2 is 2.43 bits per heavy atom. The molecule has 14 heavy (non-hydrogen) atoms. The van der Waals surface area contributed by atoms with E-state index in [9.17, 15) is 4.79 Å². The van der Waals surface area contributed by atoms with Gasteiger partial charge in [0.2, 0.25) is 0 Å². The van der Waals surface area contributed by atoms with E-state index in [1.807, 2.05) is 4.90 Å². The summed E-state index contributed by atoms with van der Waals surface area (Å²) in [4.78, 5) is 13.0. The van der Waals surface area contributed by atoms with Gasteiger partial charge >= 0.3 is 6.09 Å². The molecule has 4 nitrogen and oxygen atoms in total. The molecule has 1 unspecified atom stereocenters. The SMILES string of the molecule is O=C1OCCN1CC1CCCCNC1. The summed E-state index contributed by atoms with van der Waals surface area (Å²) in [5.74, 6) is 0.614. The van der Waals surface area contributed by atoms with E-state index in [-0.39, 0.29) is 6.09 Å². The maximum atomic E-state index is 11.2. The maximum absolute atomic E-state index is 11.2. The van der Waals surface area contributed by atoms with Gasteiger partial charge in [-0.25, -0.2) is 4.79 Å². The second-order valence-corrected chi connectivity index (χ2v) is 4.13. The Bertz CT molecular complexity index is 200. The molecular formula is C10H18N2O2. The first-order valence-electron chi connectivity index (χ1n) is 5.48. The van der Waals surface area contributed by atoms with Crippen molar-refractivity contribution in [1.82, 2.24) is 10.2 Å². The van der Waals surface area contributed by atoms with E-state index in [1.165, 1.54) is 19.3 Å². The summed E-state index contributed by atoms with van der Waals surface area (Å²) in [6.45, 7) is 4.38. The fourth-order valence-corrected chi connectivity index (χ4v) is 2.15. The van der Waals surface area contributed by atoms with Crippen molar-refractivity contribution in [3.63, 3.8) is 0 Å². The summed E-state index contributed by atoms with van der Waals surface area (Å²) in [6.07, 6.45) is 3.65. The number of cyclic esters (lactones) is 1. The zero-order valence-corrected chi connectivity index (χ0v) is 8.50. The zero-order valence-electron chi connectivity index (χ0n) is 8.50. The Kier molecular flexibility index (Phi) is 3.24. The van der Waals surface area contributed by atoms with E-state index in [2.05, 4.69) is 5.32 Å². The van der Waals surface area contributed by atoms with Crippen molar-refractivity contribution in [3.05, 3.63) is 0 Å². The Hall–Kier alpha value is -0.770. The van der Waals surface area contributed by atoms with Crippen LogP contribution in [0, 0.1) is 5.92 Å². The predicted octanol–water partition coefficient (Wildman–Crippen LogP) is 0.828. The quantitative estimate of drug-likeness (QED) is 0.714. The molecule has 4 heteroatoms. The average molecular weight is 198 g/mol. The number of rotatable bonds is 2. The second-order valence-electron chi connectivity index (χ2n) is 4.13. The van der Waals surface area contributed by atoms with Crippen molar-refractivity contribution in [2.24, 2.45) is 5.92 Å². The van der Waals surface area contributed by atoms with E-state index in [1.54, 1.807) is 0 Å². The van der Waals surface area contributed by atoms with Crippen LogP contribution in [0.5, 0.6) is 0 Å². The number of hydrogen-bond donors (Lipinski definition) is 1. The number of hydrogen-bond acceptors (Lipinski definition) is 3. The smallest absolute Gasteiger partial charge is 0.409 e. The molecule has 80 valence electrons. The number of carbonyl (C=O) groups excluding carboxylic acids is 1. The molecule has 0 aliphatic carbocycles. The lowest BCUT2D eigenvalue weighted by Gasteiger charge is -2.20. The number of nitrogens with one attached hydrogen (secondary N) is 1. The number of ether oxygens (including phenoxy) is 1. The van der Waals surface area contributed by atoms with Crippen LogP contribution < -0.4 is 5.32 Å². The number of nitrogens with zero attached hydrogens (tertiary/aromatic N) is 1. The number of amides is 1. The molecule has 2 aliphatic heterocycles. The van der Waals surface area contributed by atoms with Crippen LogP contribution in [-0.2, 0) is 4.74 Å². The van der Waals surface area contributed by atoms with Gasteiger partial charge in [0.25, 0.3) is 0 Å². The Morgan fingerprint density at radius 1 is 1.50 bits per heavy atom. The Morgan fingerprint density at radius 3 is 3.21 bits per heavy atom. The molecule has 2 fully saturated rings. The highest BCUT2D eigenvalue weighted by molar-refractivity contribution is 5.69. The van der Waals surface area contributed by atoms with Crippen LogP contribution in [0.25, 0.3) is 0 Å². The first-order valence-corrected chi connectivity index (χ1v) is 5.48. The highest BCUT2D eigenvalue weighted by atomic mass is 16.6. The highest BCUT2D eigenvalue weighted by Crippen LogP contribution is 2.15. The van der Waals surface area contributed by atoms with Gasteiger partial charge in [-0.2, -0.15) is 0 Å². The fourth-order valence-electron chi connectivity index (χ4n) is 2.15. The molecule has 0 bridgehead atoms. The zero-order chi connectivity index (χ0) is 9.80.